The first-order chi connectivity index (χ1) is 13.7. The van der Waals surface area contributed by atoms with Crippen molar-refractivity contribution in [2.45, 2.75) is 20.8 Å². The summed E-state index contributed by atoms with van der Waals surface area (Å²) < 4.78 is 6.22. The van der Waals surface area contributed by atoms with Gasteiger partial charge in [-0.2, -0.15) is 0 Å². The maximum absolute atomic E-state index is 12.3. The lowest BCUT2D eigenvalue weighted by Crippen LogP contribution is -2.46. The van der Waals surface area contributed by atoms with E-state index >= 15 is 0 Å². The second kappa shape index (κ2) is 8.65. The number of nitrogens with zero attached hydrogens (tertiary/aromatic N) is 1. The lowest BCUT2D eigenvalue weighted by atomic mass is 10.1. The van der Waals surface area contributed by atoms with Crippen molar-refractivity contribution in [3.8, 4) is 5.75 Å². The summed E-state index contributed by atoms with van der Waals surface area (Å²) in [5, 5.41) is 5.40. The van der Waals surface area contributed by atoms with Crippen LogP contribution in [0.1, 0.15) is 16.7 Å². The van der Waals surface area contributed by atoms with Crippen LogP contribution in [0.4, 0.5) is 11.4 Å². The topological polar surface area (TPSA) is 87.7 Å². The van der Waals surface area contributed by atoms with Gasteiger partial charge in [-0.25, -0.2) is 0 Å². The number of amides is 3. The number of nitrogens with one attached hydrogen (secondary N) is 2. The van der Waals surface area contributed by atoms with Gasteiger partial charge in [-0.15, -0.1) is 0 Å². The van der Waals surface area contributed by atoms with Gasteiger partial charge in [0.1, 0.15) is 12.3 Å². The molecule has 0 saturated carbocycles. The number of aryl methyl sites for hydroxylation is 3. The molecule has 3 rings (SSSR count). The third kappa shape index (κ3) is 4.95. The lowest BCUT2D eigenvalue weighted by molar-refractivity contribution is -0.126. The molecule has 0 atom stereocenters. The second-order valence-corrected chi connectivity index (χ2v) is 7.89. The number of carbonyl (C=O) groups excluding carboxylic acids is 3. The molecule has 0 spiro atoms. The molecule has 2 aromatic carbocycles. The van der Waals surface area contributed by atoms with E-state index in [1.807, 2.05) is 32.9 Å². The van der Waals surface area contributed by atoms with Crippen LogP contribution in [-0.2, 0) is 14.4 Å². The molecule has 0 aliphatic carbocycles. The molecule has 1 aliphatic heterocycles. The van der Waals surface area contributed by atoms with Crippen LogP contribution in [0, 0.1) is 20.8 Å². The van der Waals surface area contributed by atoms with Crippen LogP contribution >= 0.6 is 15.9 Å². The third-order valence-electron chi connectivity index (χ3n) is 4.55. The van der Waals surface area contributed by atoms with Gasteiger partial charge in [-0.05, 0) is 50.1 Å². The number of benzene rings is 2. The Morgan fingerprint density at radius 1 is 1.10 bits per heavy atom. The number of hydrogen-bond donors (Lipinski definition) is 2. The molecular weight excluding hydrogens is 438 g/mol. The van der Waals surface area contributed by atoms with Crippen molar-refractivity contribution in [3.05, 3.63) is 51.5 Å². The molecule has 3 amide bonds. The zero-order chi connectivity index (χ0) is 21.1. The van der Waals surface area contributed by atoms with Crippen molar-refractivity contribution in [1.82, 2.24) is 5.32 Å². The molecule has 1 aliphatic rings. The molecule has 8 heteroatoms. The van der Waals surface area contributed by atoms with Gasteiger partial charge >= 0.3 is 0 Å². The van der Waals surface area contributed by atoms with Crippen LogP contribution in [0.5, 0.6) is 5.75 Å². The van der Waals surface area contributed by atoms with Crippen LogP contribution in [0.15, 0.2) is 34.8 Å². The van der Waals surface area contributed by atoms with Crippen molar-refractivity contribution in [1.29, 1.82) is 0 Å². The molecule has 1 heterocycles. The zero-order valence-electron chi connectivity index (χ0n) is 16.5. The van der Waals surface area contributed by atoms with Crippen molar-refractivity contribution >= 4 is 45.0 Å². The Morgan fingerprint density at radius 2 is 1.79 bits per heavy atom. The van der Waals surface area contributed by atoms with E-state index in [2.05, 4.69) is 26.6 Å². The Balaban J connectivity index is 1.59. The highest BCUT2D eigenvalue weighted by Gasteiger charge is 2.27. The van der Waals surface area contributed by atoms with Crippen molar-refractivity contribution < 1.29 is 19.1 Å². The molecule has 29 heavy (non-hydrogen) atoms. The summed E-state index contributed by atoms with van der Waals surface area (Å²) in [4.78, 5) is 38.1. The largest absolute Gasteiger partial charge is 0.482 e. The predicted octanol–water partition coefficient (Wildman–Crippen LogP) is 2.85. The summed E-state index contributed by atoms with van der Waals surface area (Å²) in [6.45, 7) is 5.34. The first-order valence-electron chi connectivity index (χ1n) is 9.11. The molecule has 152 valence electrons. The SMILES string of the molecule is Cc1cc(C)c(NC(=O)CNC(=O)CN2C(=O)COc3cc(Br)ccc32)c(C)c1. The monoisotopic (exact) mass is 459 g/mol. The van der Waals surface area contributed by atoms with Gasteiger partial charge in [0.25, 0.3) is 5.91 Å². The van der Waals surface area contributed by atoms with E-state index in [9.17, 15) is 14.4 Å². The van der Waals surface area contributed by atoms with Crippen LogP contribution in [-0.4, -0.2) is 37.4 Å². The Labute approximate surface area is 177 Å². The zero-order valence-corrected chi connectivity index (χ0v) is 18.1. The average Bonchev–Trinajstić information content (AvgIpc) is 2.65. The first-order valence-corrected chi connectivity index (χ1v) is 9.91. The van der Waals surface area contributed by atoms with Crippen LogP contribution in [0.3, 0.4) is 0 Å². The first kappa shape index (κ1) is 20.9. The van der Waals surface area contributed by atoms with E-state index in [0.29, 0.717) is 11.4 Å². The van der Waals surface area contributed by atoms with E-state index in [0.717, 1.165) is 26.9 Å². The Morgan fingerprint density at radius 3 is 2.48 bits per heavy atom. The Kier molecular flexibility index (Phi) is 6.22. The smallest absolute Gasteiger partial charge is 0.265 e. The van der Waals surface area contributed by atoms with Gasteiger partial charge in [-0.3, -0.25) is 19.3 Å². The van der Waals surface area contributed by atoms with E-state index in [4.69, 9.17) is 4.74 Å². The van der Waals surface area contributed by atoms with E-state index in [1.165, 1.54) is 4.90 Å². The highest BCUT2D eigenvalue weighted by atomic mass is 79.9. The fourth-order valence-electron chi connectivity index (χ4n) is 3.29. The average molecular weight is 460 g/mol. The number of fused-ring (bicyclic) bond motifs is 1. The van der Waals surface area contributed by atoms with Crippen molar-refractivity contribution in [3.63, 3.8) is 0 Å². The van der Waals surface area contributed by atoms with E-state index in [-0.39, 0.29) is 31.5 Å². The number of hydrogen-bond acceptors (Lipinski definition) is 4. The highest BCUT2D eigenvalue weighted by Crippen LogP contribution is 2.34. The molecular formula is C21H22BrN3O4. The maximum atomic E-state index is 12.3. The lowest BCUT2D eigenvalue weighted by Gasteiger charge is -2.28. The predicted molar refractivity (Wildman–Crippen MR) is 114 cm³/mol. The standard InChI is InChI=1S/C21H22BrN3O4/c1-12-6-13(2)21(14(3)7-12)24-18(26)9-23-19(27)10-25-16-5-4-15(22)8-17(16)29-11-20(25)28/h4-8H,9-11H2,1-3H3,(H,23,27)(H,24,26). The molecule has 2 aromatic rings. The van der Waals surface area contributed by atoms with Gasteiger partial charge in [-0.1, -0.05) is 33.6 Å². The minimum absolute atomic E-state index is 0.136. The van der Waals surface area contributed by atoms with Crippen LogP contribution in [0.25, 0.3) is 0 Å². The maximum Gasteiger partial charge on any atom is 0.265 e. The van der Waals surface area contributed by atoms with Crippen molar-refractivity contribution in [2.75, 3.05) is 29.9 Å². The van der Waals surface area contributed by atoms with Crippen LogP contribution in [0.2, 0.25) is 0 Å². The molecule has 0 bridgehead atoms. The molecule has 0 radical (unpaired) electrons. The van der Waals surface area contributed by atoms with Gasteiger partial charge < -0.3 is 15.4 Å². The number of halogens is 1. The molecule has 2 N–H and O–H groups in total. The Hall–Kier alpha value is -2.87. The molecule has 0 saturated heterocycles. The summed E-state index contributed by atoms with van der Waals surface area (Å²) in [5.41, 5.74) is 4.31. The summed E-state index contributed by atoms with van der Waals surface area (Å²) in [6.07, 6.45) is 0. The molecule has 0 aromatic heterocycles. The van der Waals surface area contributed by atoms with Gasteiger partial charge in [0.2, 0.25) is 11.8 Å². The quantitative estimate of drug-likeness (QED) is 0.719. The molecule has 7 nitrogen and oxygen atoms in total. The summed E-state index contributed by atoms with van der Waals surface area (Å²) >= 11 is 3.35. The van der Waals surface area contributed by atoms with Crippen molar-refractivity contribution in [2.24, 2.45) is 0 Å². The minimum atomic E-state index is -0.429. The van der Waals surface area contributed by atoms with Gasteiger partial charge in [0, 0.05) is 10.2 Å². The normalized spacial score (nSPS) is 12.8. The summed E-state index contributed by atoms with van der Waals surface area (Å²) in [6, 6.07) is 9.19. The van der Waals surface area contributed by atoms with Crippen LogP contribution < -0.4 is 20.3 Å². The number of anilines is 2. The number of carbonyl (C=O) groups is 3. The molecule has 0 fully saturated rings. The highest BCUT2D eigenvalue weighted by molar-refractivity contribution is 9.10. The second-order valence-electron chi connectivity index (χ2n) is 6.98. The fourth-order valence-corrected chi connectivity index (χ4v) is 3.63. The fraction of sp³-hybridized carbons (Fsp3) is 0.286. The van der Waals surface area contributed by atoms with Gasteiger partial charge in [0.15, 0.2) is 6.61 Å². The third-order valence-corrected chi connectivity index (χ3v) is 5.05. The Bertz CT molecular complexity index is 967. The minimum Gasteiger partial charge on any atom is -0.482 e. The number of ether oxygens (including phenoxy) is 1. The summed E-state index contributed by atoms with van der Waals surface area (Å²) in [7, 11) is 0. The van der Waals surface area contributed by atoms with E-state index < -0.39 is 5.91 Å². The van der Waals surface area contributed by atoms with E-state index in [1.54, 1.807) is 18.2 Å². The summed E-state index contributed by atoms with van der Waals surface area (Å²) in [5.74, 6) is -0.548. The number of rotatable bonds is 5. The van der Waals surface area contributed by atoms with Gasteiger partial charge in [0.05, 0.1) is 12.2 Å². The molecule has 0 unspecified atom stereocenters.